The minimum atomic E-state index is -0.0559. The Hall–Kier alpha value is -0.890. The third-order valence-electron chi connectivity index (χ3n) is 3.17. The summed E-state index contributed by atoms with van der Waals surface area (Å²) in [5, 5.41) is 3.33. The van der Waals surface area contributed by atoms with Crippen LogP contribution in [0.3, 0.4) is 0 Å². The van der Waals surface area contributed by atoms with Gasteiger partial charge in [0.15, 0.2) is 0 Å². The van der Waals surface area contributed by atoms with Crippen molar-refractivity contribution in [2.45, 2.75) is 19.3 Å². The zero-order valence-electron chi connectivity index (χ0n) is 8.46. The molecule has 0 unspecified atom stereocenters. The highest BCUT2D eigenvalue weighted by molar-refractivity contribution is 5.24. The monoisotopic (exact) mass is 193 g/mol. The van der Waals surface area contributed by atoms with Gasteiger partial charge in [-0.15, -0.1) is 0 Å². The smallest absolute Gasteiger partial charge is 0.126 e. The van der Waals surface area contributed by atoms with Crippen molar-refractivity contribution in [2.24, 2.45) is 5.92 Å². The highest BCUT2D eigenvalue weighted by Gasteiger charge is 2.28. The van der Waals surface area contributed by atoms with Gasteiger partial charge in [-0.2, -0.15) is 0 Å². The molecule has 1 fully saturated rings. The maximum atomic E-state index is 13.5. The van der Waals surface area contributed by atoms with Crippen LogP contribution in [0.5, 0.6) is 0 Å². The van der Waals surface area contributed by atoms with E-state index < -0.39 is 0 Å². The third kappa shape index (κ3) is 1.67. The van der Waals surface area contributed by atoms with Gasteiger partial charge in [-0.25, -0.2) is 4.39 Å². The fraction of sp³-hybridized carbons (Fsp3) is 0.500. The Morgan fingerprint density at radius 2 is 2.14 bits per heavy atom. The lowest BCUT2D eigenvalue weighted by Gasteiger charge is -2.17. The van der Waals surface area contributed by atoms with Gasteiger partial charge in [-0.1, -0.05) is 31.5 Å². The van der Waals surface area contributed by atoms with Crippen molar-refractivity contribution < 1.29 is 4.39 Å². The van der Waals surface area contributed by atoms with E-state index in [0.717, 1.165) is 25.1 Å². The molecule has 1 nitrogen and oxygen atoms in total. The zero-order valence-corrected chi connectivity index (χ0v) is 8.46. The van der Waals surface area contributed by atoms with Crippen molar-refractivity contribution in [3.8, 4) is 0 Å². The molecule has 1 aliphatic rings. The molecule has 2 heteroatoms. The molecule has 2 atom stereocenters. The van der Waals surface area contributed by atoms with Crippen LogP contribution >= 0.6 is 0 Å². The fourth-order valence-electron chi connectivity index (χ4n) is 2.30. The Bertz CT molecular complexity index is 311. The second-order valence-electron chi connectivity index (χ2n) is 3.95. The summed E-state index contributed by atoms with van der Waals surface area (Å²) in [4.78, 5) is 0. The minimum absolute atomic E-state index is 0.0559. The summed E-state index contributed by atoms with van der Waals surface area (Å²) >= 11 is 0. The summed E-state index contributed by atoms with van der Waals surface area (Å²) in [5.41, 5.74) is 0.879. The van der Waals surface area contributed by atoms with Crippen molar-refractivity contribution in [3.63, 3.8) is 0 Å². The molecule has 0 radical (unpaired) electrons. The highest BCUT2D eigenvalue weighted by Crippen LogP contribution is 2.31. The van der Waals surface area contributed by atoms with E-state index in [0.29, 0.717) is 11.8 Å². The van der Waals surface area contributed by atoms with Crippen LogP contribution in [0, 0.1) is 11.7 Å². The van der Waals surface area contributed by atoms with Crippen LogP contribution in [0.15, 0.2) is 24.3 Å². The van der Waals surface area contributed by atoms with E-state index >= 15 is 0 Å². The quantitative estimate of drug-likeness (QED) is 0.761. The molecule has 1 saturated heterocycles. The molecule has 0 bridgehead atoms. The summed E-state index contributed by atoms with van der Waals surface area (Å²) in [6.07, 6.45) is 1.12. The van der Waals surface area contributed by atoms with E-state index in [-0.39, 0.29) is 5.82 Å². The first-order valence-electron chi connectivity index (χ1n) is 5.28. The summed E-state index contributed by atoms with van der Waals surface area (Å²) in [6, 6.07) is 7.14. The maximum absolute atomic E-state index is 13.5. The number of hydrogen-bond acceptors (Lipinski definition) is 1. The number of rotatable bonds is 2. The Labute approximate surface area is 84.3 Å². The number of benzene rings is 1. The van der Waals surface area contributed by atoms with Crippen molar-refractivity contribution in [3.05, 3.63) is 35.6 Å². The number of halogens is 1. The fourth-order valence-corrected chi connectivity index (χ4v) is 2.30. The van der Waals surface area contributed by atoms with E-state index in [1.165, 1.54) is 0 Å². The van der Waals surface area contributed by atoms with Crippen LogP contribution in [0.25, 0.3) is 0 Å². The summed E-state index contributed by atoms with van der Waals surface area (Å²) in [6.45, 7) is 4.11. The molecule has 76 valence electrons. The standard InChI is InChI=1S/C12H16FN/c1-2-9-7-14-8-11(9)10-5-3-4-6-12(10)13/h3-6,9,11,14H,2,7-8H2,1H3/t9-,11+/m0/s1. The topological polar surface area (TPSA) is 12.0 Å². The van der Waals surface area contributed by atoms with Gasteiger partial charge in [0.25, 0.3) is 0 Å². The second-order valence-corrected chi connectivity index (χ2v) is 3.95. The molecular weight excluding hydrogens is 177 g/mol. The molecule has 1 aliphatic heterocycles. The van der Waals surface area contributed by atoms with Crippen LogP contribution in [-0.2, 0) is 0 Å². The van der Waals surface area contributed by atoms with Crippen molar-refractivity contribution in [2.75, 3.05) is 13.1 Å². The van der Waals surface area contributed by atoms with E-state index in [2.05, 4.69) is 12.2 Å². The Kier molecular flexibility index (Phi) is 2.82. The average molecular weight is 193 g/mol. The molecule has 1 aromatic carbocycles. The van der Waals surface area contributed by atoms with Gasteiger partial charge in [0.1, 0.15) is 5.82 Å². The molecule has 1 heterocycles. The molecule has 1 aromatic rings. The van der Waals surface area contributed by atoms with Gasteiger partial charge < -0.3 is 5.32 Å². The van der Waals surface area contributed by atoms with Crippen molar-refractivity contribution >= 4 is 0 Å². The van der Waals surface area contributed by atoms with Crippen LogP contribution < -0.4 is 5.32 Å². The van der Waals surface area contributed by atoms with E-state index in [1.807, 2.05) is 12.1 Å². The molecule has 0 saturated carbocycles. The van der Waals surface area contributed by atoms with Crippen molar-refractivity contribution in [1.29, 1.82) is 0 Å². The van der Waals surface area contributed by atoms with Gasteiger partial charge in [0, 0.05) is 12.5 Å². The first-order valence-corrected chi connectivity index (χ1v) is 5.28. The summed E-state index contributed by atoms with van der Waals surface area (Å²) in [7, 11) is 0. The summed E-state index contributed by atoms with van der Waals surface area (Å²) in [5.74, 6) is 0.896. The first-order chi connectivity index (χ1) is 6.83. The number of nitrogens with one attached hydrogen (secondary N) is 1. The van der Waals surface area contributed by atoms with Gasteiger partial charge in [0.05, 0.1) is 0 Å². The molecule has 14 heavy (non-hydrogen) atoms. The highest BCUT2D eigenvalue weighted by atomic mass is 19.1. The van der Waals surface area contributed by atoms with Gasteiger partial charge in [-0.3, -0.25) is 0 Å². The van der Waals surface area contributed by atoms with E-state index in [1.54, 1.807) is 12.1 Å². The molecule has 2 rings (SSSR count). The normalized spacial score (nSPS) is 26.7. The van der Waals surface area contributed by atoms with E-state index in [9.17, 15) is 4.39 Å². The lowest BCUT2D eigenvalue weighted by molar-refractivity contribution is 0.481. The van der Waals surface area contributed by atoms with Crippen LogP contribution in [-0.4, -0.2) is 13.1 Å². The molecule has 0 aromatic heterocycles. The second kappa shape index (κ2) is 4.09. The van der Waals surface area contributed by atoms with Gasteiger partial charge in [-0.05, 0) is 24.1 Å². The van der Waals surface area contributed by atoms with Crippen LogP contribution in [0.4, 0.5) is 4.39 Å². The molecular formula is C12H16FN. The lowest BCUT2D eigenvalue weighted by Crippen LogP contribution is -2.11. The Morgan fingerprint density at radius 3 is 2.86 bits per heavy atom. The predicted octanol–water partition coefficient (Wildman–Crippen LogP) is 2.54. The molecule has 0 amide bonds. The third-order valence-corrected chi connectivity index (χ3v) is 3.17. The molecule has 0 spiro atoms. The van der Waals surface area contributed by atoms with Gasteiger partial charge >= 0.3 is 0 Å². The molecule has 0 aliphatic carbocycles. The SMILES string of the molecule is CC[C@H]1CNC[C@H]1c1ccccc1F. The Morgan fingerprint density at radius 1 is 1.36 bits per heavy atom. The van der Waals surface area contributed by atoms with Crippen LogP contribution in [0.2, 0.25) is 0 Å². The maximum Gasteiger partial charge on any atom is 0.126 e. The largest absolute Gasteiger partial charge is 0.316 e. The van der Waals surface area contributed by atoms with Crippen molar-refractivity contribution in [1.82, 2.24) is 5.32 Å². The summed E-state index contributed by atoms with van der Waals surface area (Å²) < 4.78 is 13.5. The average Bonchev–Trinajstić information content (AvgIpc) is 2.66. The predicted molar refractivity (Wildman–Crippen MR) is 55.8 cm³/mol. The number of hydrogen-bond donors (Lipinski definition) is 1. The lowest BCUT2D eigenvalue weighted by atomic mass is 9.87. The molecule has 1 N–H and O–H groups in total. The van der Waals surface area contributed by atoms with Crippen LogP contribution in [0.1, 0.15) is 24.8 Å². The van der Waals surface area contributed by atoms with E-state index in [4.69, 9.17) is 0 Å². The minimum Gasteiger partial charge on any atom is -0.316 e. The van der Waals surface area contributed by atoms with Gasteiger partial charge in [0.2, 0.25) is 0 Å². The Balaban J connectivity index is 2.26. The zero-order chi connectivity index (χ0) is 9.97. The first kappa shape index (κ1) is 9.66.